The molecule has 4 atom stereocenters. The topological polar surface area (TPSA) is 208 Å². The first-order valence-electron chi connectivity index (χ1n) is 11.2. The van der Waals surface area contributed by atoms with Crippen LogP contribution in [0.2, 0.25) is 0 Å². The Morgan fingerprint density at radius 3 is 2.41 bits per heavy atom. The van der Waals surface area contributed by atoms with Gasteiger partial charge < -0.3 is 37.1 Å². The van der Waals surface area contributed by atoms with Gasteiger partial charge in [-0.3, -0.25) is 19.2 Å². The minimum Gasteiger partial charge on any atom is -0.480 e. The highest BCUT2D eigenvalue weighted by Crippen LogP contribution is 2.09. The molecule has 0 aromatic carbocycles. The zero-order valence-corrected chi connectivity index (χ0v) is 19.3. The molecule has 8 N–H and O–H groups in total. The predicted molar refractivity (Wildman–Crippen MR) is 120 cm³/mol. The van der Waals surface area contributed by atoms with Crippen molar-refractivity contribution in [3.05, 3.63) is 18.2 Å². The number of carbonyl (C=O) groups is 5. The zero-order valence-electron chi connectivity index (χ0n) is 19.3. The van der Waals surface area contributed by atoms with Gasteiger partial charge in [-0.25, -0.2) is 9.78 Å². The monoisotopic (exact) mass is 479 g/mol. The molecule has 1 fully saturated rings. The van der Waals surface area contributed by atoms with E-state index in [-0.39, 0.29) is 25.2 Å². The molecule has 1 aliphatic rings. The van der Waals surface area contributed by atoms with Gasteiger partial charge in [-0.05, 0) is 31.7 Å². The van der Waals surface area contributed by atoms with Crippen molar-refractivity contribution in [1.82, 2.24) is 31.2 Å². The summed E-state index contributed by atoms with van der Waals surface area (Å²) in [6.45, 7) is 4.09. The summed E-state index contributed by atoms with van der Waals surface area (Å²) in [5.41, 5.74) is 5.69. The van der Waals surface area contributed by atoms with Crippen molar-refractivity contribution in [2.75, 3.05) is 6.54 Å². The third kappa shape index (κ3) is 8.14. The van der Waals surface area contributed by atoms with Crippen LogP contribution >= 0.6 is 0 Å². The molecule has 1 aromatic heterocycles. The number of imidazole rings is 1. The van der Waals surface area contributed by atoms with Crippen LogP contribution in [0.15, 0.2) is 12.5 Å². The van der Waals surface area contributed by atoms with Gasteiger partial charge in [0.05, 0.1) is 12.4 Å². The summed E-state index contributed by atoms with van der Waals surface area (Å²) in [6.07, 6.45) is 4.21. The van der Waals surface area contributed by atoms with E-state index in [9.17, 15) is 29.1 Å². The molecule has 2 rings (SSSR count). The molecule has 0 spiro atoms. The number of carbonyl (C=O) groups excluding carboxylic acids is 4. The van der Waals surface area contributed by atoms with E-state index in [2.05, 4.69) is 31.2 Å². The first-order valence-corrected chi connectivity index (χ1v) is 11.2. The molecule has 34 heavy (non-hydrogen) atoms. The van der Waals surface area contributed by atoms with E-state index in [4.69, 9.17) is 5.73 Å². The second-order valence-electron chi connectivity index (χ2n) is 8.63. The third-order valence-corrected chi connectivity index (χ3v) is 5.53. The molecule has 0 saturated carbocycles. The average molecular weight is 480 g/mol. The second kappa shape index (κ2) is 12.7. The predicted octanol–water partition coefficient (Wildman–Crippen LogP) is -1.84. The van der Waals surface area contributed by atoms with E-state index < -0.39 is 53.8 Å². The van der Waals surface area contributed by atoms with Gasteiger partial charge in [-0.2, -0.15) is 0 Å². The van der Waals surface area contributed by atoms with Crippen molar-refractivity contribution in [3.8, 4) is 0 Å². The van der Waals surface area contributed by atoms with Crippen LogP contribution in [0.3, 0.4) is 0 Å². The third-order valence-electron chi connectivity index (χ3n) is 5.53. The van der Waals surface area contributed by atoms with Crippen LogP contribution in [0.25, 0.3) is 0 Å². The van der Waals surface area contributed by atoms with Crippen LogP contribution in [-0.4, -0.2) is 75.4 Å². The summed E-state index contributed by atoms with van der Waals surface area (Å²) < 4.78 is 0. The molecular weight excluding hydrogens is 446 g/mol. The fraction of sp³-hybridized carbons (Fsp3) is 0.619. The summed E-state index contributed by atoms with van der Waals surface area (Å²) in [5, 5.41) is 20.1. The number of carboxylic acids is 1. The molecule has 0 bridgehead atoms. The van der Waals surface area contributed by atoms with Gasteiger partial charge in [0, 0.05) is 24.7 Å². The lowest BCUT2D eigenvalue weighted by molar-refractivity contribution is -0.143. The molecule has 1 saturated heterocycles. The van der Waals surface area contributed by atoms with Gasteiger partial charge in [-0.1, -0.05) is 13.8 Å². The highest BCUT2D eigenvalue weighted by Gasteiger charge is 2.33. The Hall–Kier alpha value is -3.48. The molecule has 13 heteroatoms. The number of hydrogen-bond acceptors (Lipinski definition) is 7. The van der Waals surface area contributed by atoms with E-state index >= 15 is 0 Å². The molecule has 188 valence electrons. The lowest BCUT2D eigenvalue weighted by Crippen LogP contribution is -2.58. The van der Waals surface area contributed by atoms with Crippen LogP contribution in [0, 0.1) is 5.92 Å². The number of amides is 4. The van der Waals surface area contributed by atoms with Crippen LogP contribution in [-0.2, 0) is 30.4 Å². The van der Waals surface area contributed by atoms with Gasteiger partial charge >= 0.3 is 5.97 Å². The van der Waals surface area contributed by atoms with E-state index in [1.165, 1.54) is 12.5 Å². The van der Waals surface area contributed by atoms with Crippen molar-refractivity contribution in [1.29, 1.82) is 0 Å². The first kappa shape index (κ1) is 26.8. The molecule has 1 aromatic rings. The minimum atomic E-state index is -1.34. The second-order valence-corrected chi connectivity index (χ2v) is 8.63. The number of nitrogens with one attached hydrogen (secondary N) is 5. The van der Waals surface area contributed by atoms with Gasteiger partial charge in [0.25, 0.3) is 0 Å². The van der Waals surface area contributed by atoms with Crippen molar-refractivity contribution in [2.24, 2.45) is 11.7 Å². The van der Waals surface area contributed by atoms with E-state index in [1.807, 2.05) is 0 Å². The number of hydrogen-bond donors (Lipinski definition) is 7. The van der Waals surface area contributed by atoms with E-state index in [1.54, 1.807) is 13.8 Å². The number of carboxylic acid groups (broad SMARTS) is 1. The SMILES string of the molecule is CC(C)C(NC(=O)C(Cc1cnc[nH]1)NC(=O)C1CCCN1)C(=O)NC(CCC(N)=O)C(=O)O. The standard InChI is InChI=1S/C21H33N7O6/c1-11(2)17(20(32)26-14(21(33)34)5-6-16(22)29)28-19(31)15(8-12-9-23-10-25-12)27-18(30)13-4-3-7-24-13/h9-11,13-15,17,24H,3-8H2,1-2H3,(H2,22,29)(H,23,25)(H,26,32)(H,27,30)(H,28,31)(H,33,34). The van der Waals surface area contributed by atoms with Gasteiger partial charge in [-0.15, -0.1) is 0 Å². The van der Waals surface area contributed by atoms with Crippen LogP contribution in [0.1, 0.15) is 45.2 Å². The molecule has 2 heterocycles. The van der Waals surface area contributed by atoms with Gasteiger partial charge in [0.2, 0.25) is 23.6 Å². The first-order chi connectivity index (χ1) is 16.1. The maximum atomic E-state index is 13.1. The van der Waals surface area contributed by atoms with Crippen molar-refractivity contribution < 1.29 is 29.1 Å². The Kier molecular flexibility index (Phi) is 9.98. The highest BCUT2D eigenvalue weighted by atomic mass is 16.4. The number of nitrogens with two attached hydrogens (primary N) is 1. The summed E-state index contributed by atoms with van der Waals surface area (Å²) in [5.74, 6) is -4.04. The molecule has 0 aliphatic carbocycles. The zero-order chi connectivity index (χ0) is 25.3. The minimum absolute atomic E-state index is 0.118. The van der Waals surface area contributed by atoms with E-state index in [0.717, 1.165) is 6.42 Å². The number of aromatic nitrogens is 2. The molecule has 0 radical (unpaired) electrons. The normalized spacial score (nSPS) is 18.0. The fourth-order valence-corrected chi connectivity index (χ4v) is 3.60. The molecular formula is C21H33N7O6. The molecule has 4 amide bonds. The van der Waals surface area contributed by atoms with Crippen molar-refractivity contribution in [3.63, 3.8) is 0 Å². The summed E-state index contributed by atoms with van der Waals surface area (Å²) in [6, 6.07) is -3.81. The number of nitrogens with zero attached hydrogens (tertiary/aromatic N) is 1. The number of aliphatic carboxylic acids is 1. The van der Waals surface area contributed by atoms with Crippen molar-refractivity contribution in [2.45, 2.75) is 70.1 Å². The Morgan fingerprint density at radius 1 is 1.15 bits per heavy atom. The fourth-order valence-electron chi connectivity index (χ4n) is 3.60. The largest absolute Gasteiger partial charge is 0.480 e. The maximum Gasteiger partial charge on any atom is 0.326 e. The average Bonchev–Trinajstić information content (AvgIpc) is 3.47. The lowest BCUT2D eigenvalue weighted by atomic mass is 10.0. The van der Waals surface area contributed by atoms with Gasteiger partial charge in [0.1, 0.15) is 18.1 Å². The molecule has 13 nitrogen and oxygen atoms in total. The Bertz CT molecular complexity index is 867. The summed E-state index contributed by atoms with van der Waals surface area (Å²) in [7, 11) is 0. The molecule has 1 aliphatic heterocycles. The number of aromatic amines is 1. The number of primary amides is 1. The van der Waals surface area contributed by atoms with Crippen LogP contribution < -0.4 is 27.0 Å². The lowest BCUT2D eigenvalue weighted by Gasteiger charge is -2.27. The van der Waals surface area contributed by atoms with E-state index in [0.29, 0.717) is 18.7 Å². The number of rotatable bonds is 13. The van der Waals surface area contributed by atoms with Crippen LogP contribution in [0.4, 0.5) is 0 Å². The van der Waals surface area contributed by atoms with Crippen LogP contribution in [0.5, 0.6) is 0 Å². The Balaban J connectivity index is 2.11. The summed E-state index contributed by atoms with van der Waals surface area (Å²) >= 11 is 0. The molecule has 4 unspecified atom stereocenters. The smallest absolute Gasteiger partial charge is 0.326 e. The quantitative estimate of drug-likeness (QED) is 0.171. The van der Waals surface area contributed by atoms with Gasteiger partial charge in [0.15, 0.2) is 0 Å². The Morgan fingerprint density at radius 2 is 1.88 bits per heavy atom. The maximum absolute atomic E-state index is 13.1. The van der Waals surface area contributed by atoms with Crippen molar-refractivity contribution >= 4 is 29.6 Å². The Labute approximate surface area is 197 Å². The highest BCUT2D eigenvalue weighted by molar-refractivity contribution is 5.94. The summed E-state index contributed by atoms with van der Waals surface area (Å²) in [4.78, 5) is 67.9. The number of H-pyrrole nitrogens is 1.